The minimum Gasteiger partial charge on any atom is -0.469 e. The van der Waals surface area contributed by atoms with E-state index >= 15 is 0 Å². The maximum atomic E-state index is 12.5. The minimum absolute atomic E-state index is 0.104. The molecule has 0 radical (unpaired) electrons. The number of hydrogen-bond acceptors (Lipinski definition) is 11. The first kappa shape index (κ1) is 53.7. The van der Waals surface area contributed by atoms with Crippen molar-refractivity contribution in [3.63, 3.8) is 0 Å². The maximum Gasteiger partial charge on any atom is 0.410 e. The number of methoxy groups -OCH3 is 2. The Kier molecular flexibility index (Phi) is 37.9. The quantitative estimate of drug-likeness (QED) is 0.0302. The van der Waals surface area contributed by atoms with Gasteiger partial charge in [0.1, 0.15) is 5.60 Å². The van der Waals surface area contributed by atoms with Gasteiger partial charge in [-0.2, -0.15) is 0 Å². The third-order valence-corrected chi connectivity index (χ3v) is 8.25. The van der Waals surface area contributed by atoms with Crippen LogP contribution in [-0.2, 0) is 42.9 Å². The zero-order valence-electron chi connectivity index (χ0n) is 35.7. The molecule has 0 aromatic heterocycles. The van der Waals surface area contributed by atoms with E-state index in [0.29, 0.717) is 39.1 Å². The van der Waals surface area contributed by atoms with Crippen LogP contribution in [0.4, 0.5) is 4.79 Å². The minimum atomic E-state index is -0.513. The van der Waals surface area contributed by atoms with Gasteiger partial charge in [-0.1, -0.05) is 63.5 Å². The van der Waals surface area contributed by atoms with Crippen molar-refractivity contribution in [1.29, 1.82) is 0 Å². The number of ether oxygens (including phenoxy) is 5. The summed E-state index contributed by atoms with van der Waals surface area (Å²) < 4.78 is 24.5. The molecule has 1 amide bonds. The summed E-state index contributed by atoms with van der Waals surface area (Å²) in [7, 11) is 2.85. The molecule has 0 fully saturated rings. The van der Waals surface area contributed by atoms with Crippen LogP contribution in [0.5, 0.6) is 0 Å². The Morgan fingerprint density at radius 1 is 0.545 bits per heavy atom. The summed E-state index contributed by atoms with van der Waals surface area (Å²) in [4.78, 5) is 58.7. The zero-order valence-corrected chi connectivity index (χ0v) is 35.7. The van der Waals surface area contributed by atoms with Crippen LogP contribution in [0.25, 0.3) is 0 Å². The molecule has 0 bridgehead atoms. The third kappa shape index (κ3) is 41.6. The molecule has 0 heterocycles. The first-order valence-corrected chi connectivity index (χ1v) is 20.9. The van der Waals surface area contributed by atoms with Crippen LogP contribution in [0.1, 0.15) is 163 Å². The van der Waals surface area contributed by atoms with Crippen molar-refractivity contribution in [2.24, 2.45) is 0 Å². The molecule has 0 spiro atoms. The second-order valence-corrected chi connectivity index (χ2v) is 14.4. The van der Waals surface area contributed by atoms with E-state index in [4.69, 9.17) is 14.2 Å². The van der Waals surface area contributed by atoms with Crippen LogP contribution in [0.15, 0.2) is 24.3 Å². The highest BCUT2D eigenvalue weighted by Gasteiger charge is 2.21. The van der Waals surface area contributed by atoms with E-state index in [1.54, 1.807) is 11.8 Å². The summed E-state index contributed by atoms with van der Waals surface area (Å²) >= 11 is 0. The number of carbonyl (C=O) groups excluding carboxylic acids is 5. The SMILES string of the molecule is CCOC(=O)/C=C/CCCCCN(CCCCCCCC(=O)OC)C(=O)OC(C)(C)C.CCOC(=O)/C=C/CCCCCNCCCCCCCC(=O)OC. The highest BCUT2D eigenvalue weighted by atomic mass is 16.6. The predicted molar refractivity (Wildman–Crippen MR) is 219 cm³/mol. The van der Waals surface area contributed by atoms with Gasteiger partial charge in [-0.15, -0.1) is 0 Å². The Labute approximate surface area is 333 Å². The van der Waals surface area contributed by atoms with Gasteiger partial charge in [-0.3, -0.25) is 9.59 Å². The number of nitrogens with one attached hydrogen (secondary N) is 1. The number of rotatable bonds is 32. The van der Waals surface area contributed by atoms with Gasteiger partial charge in [0.25, 0.3) is 0 Å². The van der Waals surface area contributed by atoms with Crippen molar-refractivity contribution in [3.8, 4) is 0 Å². The normalized spacial score (nSPS) is 11.2. The summed E-state index contributed by atoms with van der Waals surface area (Å²) in [5.74, 6) is -0.811. The summed E-state index contributed by atoms with van der Waals surface area (Å²) in [5.41, 5.74) is -0.513. The second kappa shape index (κ2) is 38.8. The summed E-state index contributed by atoms with van der Waals surface area (Å²) in [5, 5.41) is 3.46. The van der Waals surface area contributed by atoms with E-state index in [1.807, 2.05) is 39.8 Å². The number of esters is 4. The molecule has 320 valence electrons. The van der Waals surface area contributed by atoms with Crippen LogP contribution >= 0.6 is 0 Å². The fourth-order valence-corrected chi connectivity index (χ4v) is 5.27. The smallest absolute Gasteiger partial charge is 0.410 e. The van der Waals surface area contributed by atoms with Gasteiger partial charge < -0.3 is 33.9 Å². The van der Waals surface area contributed by atoms with Crippen LogP contribution < -0.4 is 5.32 Å². The molecule has 12 heteroatoms. The molecule has 0 rings (SSSR count). The van der Waals surface area contributed by atoms with Gasteiger partial charge in [0.05, 0.1) is 27.4 Å². The Hall–Kier alpha value is -3.41. The maximum absolute atomic E-state index is 12.5. The monoisotopic (exact) mass is 783 g/mol. The van der Waals surface area contributed by atoms with Crippen molar-refractivity contribution in [2.75, 3.05) is 53.6 Å². The molecule has 0 saturated heterocycles. The summed E-state index contributed by atoms with van der Waals surface area (Å²) in [6, 6.07) is 0. The zero-order chi connectivity index (χ0) is 41.4. The van der Waals surface area contributed by atoms with E-state index in [2.05, 4.69) is 14.8 Å². The molecule has 0 atom stereocenters. The number of amides is 1. The van der Waals surface area contributed by atoms with Crippen LogP contribution in [0.2, 0.25) is 0 Å². The van der Waals surface area contributed by atoms with E-state index < -0.39 is 5.60 Å². The first-order chi connectivity index (χ1) is 26.4. The number of nitrogens with zero attached hydrogens (tertiary/aromatic N) is 1. The van der Waals surface area contributed by atoms with Crippen molar-refractivity contribution in [2.45, 2.75) is 169 Å². The topological polar surface area (TPSA) is 147 Å². The fraction of sp³-hybridized carbons (Fsp3) is 0.791. The predicted octanol–water partition coefficient (Wildman–Crippen LogP) is 9.19. The highest BCUT2D eigenvalue weighted by Crippen LogP contribution is 2.14. The largest absolute Gasteiger partial charge is 0.469 e. The lowest BCUT2D eigenvalue weighted by molar-refractivity contribution is -0.141. The molecular formula is C43H78N2O10. The second-order valence-electron chi connectivity index (χ2n) is 14.4. The summed E-state index contributed by atoms with van der Waals surface area (Å²) in [6.45, 7) is 13.5. The van der Waals surface area contributed by atoms with Gasteiger partial charge in [-0.05, 0) is 112 Å². The van der Waals surface area contributed by atoms with Crippen LogP contribution in [0, 0.1) is 0 Å². The molecule has 55 heavy (non-hydrogen) atoms. The van der Waals surface area contributed by atoms with Crippen molar-refractivity contribution < 1.29 is 47.7 Å². The van der Waals surface area contributed by atoms with Crippen molar-refractivity contribution in [1.82, 2.24) is 10.2 Å². The molecule has 0 unspecified atom stereocenters. The van der Waals surface area contributed by atoms with Gasteiger partial charge in [0.15, 0.2) is 0 Å². The van der Waals surface area contributed by atoms with Crippen LogP contribution in [-0.4, -0.2) is 94.1 Å². The van der Waals surface area contributed by atoms with E-state index in [1.165, 1.54) is 58.5 Å². The fourth-order valence-electron chi connectivity index (χ4n) is 5.27. The molecule has 0 saturated carbocycles. The van der Waals surface area contributed by atoms with Gasteiger partial charge in [0, 0.05) is 38.1 Å². The summed E-state index contributed by atoms with van der Waals surface area (Å²) in [6.07, 6.45) is 25.9. The number of unbranched alkanes of at least 4 members (excludes halogenated alkanes) is 14. The Morgan fingerprint density at radius 2 is 0.927 bits per heavy atom. The standard InChI is InChI=1S/C24H43NO6.C19H35NO4/c1-6-30-22(27)18-14-10-8-12-16-20-25(23(28)31-24(2,3)4)19-15-11-7-9-13-17-21(26)29-5;1-3-24-19(22)15-11-7-5-9-13-17-20-16-12-8-4-6-10-14-18(21)23-2/h14,18H,6-13,15-17,19-20H2,1-5H3;11,15,20H,3-10,12-14,16-17H2,1-2H3/b18-14+;15-11+. The lowest BCUT2D eigenvalue weighted by Crippen LogP contribution is -2.38. The van der Waals surface area contributed by atoms with Crippen molar-refractivity contribution >= 4 is 30.0 Å². The highest BCUT2D eigenvalue weighted by molar-refractivity contribution is 5.82. The molecule has 1 N–H and O–H groups in total. The Bertz CT molecular complexity index is 1040. The number of hydrogen-bond donors (Lipinski definition) is 1. The van der Waals surface area contributed by atoms with Gasteiger partial charge in [-0.25, -0.2) is 14.4 Å². The average molecular weight is 783 g/mol. The van der Waals surface area contributed by atoms with E-state index in [-0.39, 0.29) is 30.0 Å². The average Bonchev–Trinajstić information content (AvgIpc) is 3.14. The molecule has 0 aliphatic rings. The molecule has 12 nitrogen and oxygen atoms in total. The Balaban J connectivity index is 0. The van der Waals surface area contributed by atoms with Gasteiger partial charge >= 0.3 is 30.0 Å². The molecule has 0 aromatic carbocycles. The molecular weight excluding hydrogens is 704 g/mol. The Morgan fingerprint density at radius 3 is 1.35 bits per heavy atom. The number of carbonyl (C=O) groups is 5. The molecule has 0 aliphatic carbocycles. The number of allylic oxidation sites excluding steroid dienone is 2. The molecule has 0 aliphatic heterocycles. The van der Waals surface area contributed by atoms with Gasteiger partial charge in [0.2, 0.25) is 0 Å². The van der Waals surface area contributed by atoms with Crippen molar-refractivity contribution in [3.05, 3.63) is 24.3 Å². The first-order valence-electron chi connectivity index (χ1n) is 20.9. The van der Waals surface area contributed by atoms with Crippen LogP contribution in [0.3, 0.4) is 0 Å². The molecule has 0 aromatic rings. The third-order valence-electron chi connectivity index (χ3n) is 8.25. The lowest BCUT2D eigenvalue weighted by atomic mass is 10.1. The lowest BCUT2D eigenvalue weighted by Gasteiger charge is -2.27. The van der Waals surface area contributed by atoms with E-state index in [9.17, 15) is 24.0 Å². The van der Waals surface area contributed by atoms with E-state index in [0.717, 1.165) is 96.6 Å².